The van der Waals surface area contributed by atoms with Gasteiger partial charge in [-0.15, -0.1) is 0 Å². The monoisotopic (exact) mass is 354 g/mol. The van der Waals surface area contributed by atoms with Crippen molar-refractivity contribution in [2.75, 3.05) is 0 Å². The number of rotatable bonds is 6. The highest BCUT2D eigenvalue weighted by atomic mass is 19.4. The Morgan fingerprint density at radius 1 is 1.00 bits per heavy atom. The first-order chi connectivity index (χ1) is 11.8. The molecule has 0 radical (unpaired) electrons. The first kappa shape index (κ1) is 18.8. The van der Waals surface area contributed by atoms with Crippen molar-refractivity contribution in [3.63, 3.8) is 0 Å². The summed E-state index contributed by atoms with van der Waals surface area (Å²) in [5, 5.41) is 2.06. The molecule has 2 aromatic carbocycles. The number of carbonyl (C=O) groups excluding carboxylic acids is 2. The van der Waals surface area contributed by atoms with E-state index in [1.807, 2.05) is 42.5 Å². The Hall–Kier alpha value is -2.57. The highest BCUT2D eigenvalue weighted by Gasteiger charge is 2.39. The molecule has 134 valence electrons. The lowest BCUT2D eigenvalue weighted by molar-refractivity contribution is -0.216. The number of esters is 2. The van der Waals surface area contributed by atoms with Crippen LogP contribution in [0.4, 0.5) is 13.2 Å². The molecule has 1 unspecified atom stereocenters. The van der Waals surface area contributed by atoms with Crippen LogP contribution in [0.5, 0.6) is 0 Å². The molecule has 0 aliphatic heterocycles. The predicted molar refractivity (Wildman–Crippen MR) is 84.6 cm³/mol. The second kappa shape index (κ2) is 8.00. The van der Waals surface area contributed by atoms with E-state index in [0.29, 0.717) is 0 Å². The first-order valence-electron chi connectivity index (χ1n) is 7.65. The van der Waals surface area contributed by atoms with E-state index < -0.39 is 30.6 Å². The minimum Gasteiger partial charge on any atom is -0.461 e. The van der Waals surface area contributed by atoms with Crippen molar-refractivity contribution in [3.8, 4) is 0 Å². The van der Waals surface area contributed by atoms with Gasteiger partial charge < -0.3 is 9.47 Å². The van der Waals surface area contributed by atoms with Crippen molar-refractivity contribution in [1.82, 2.24) is 0 Å². The van der Waals surface area contributed by atoms with Gasteiger partial charge in [0.15, 0.2) is 6.10 Å². The number of halogens is 3. The summed E-state index contributed by atoms with van der Waals surface area (Å²) in [6.45, 7) is 0.758. The number of hydrogen-bond acceptors (Lipinski definition) is 4. The Kier molecular flexibility index (Phi) is 6.01. The van der Waals surface area contributed by atoms with E-state index in [4.69, 9.17) is 4.74 Å². The minimum atomic E-state index is -4.62. The van der Waals surface area contributed by atoms with Crippen molar-refractivity contribution in [1.29, 1.82) is 0 Å². The maximum atomic E-state index is 12.3. The fourth-order valence-electron chi connectivity index (χ4n) is 2.09. The van der Waals surface area contributed by atoms with E-state index >= 15 is 0 Å². The molecular formula is C18H17F3O4. The Morgan fingerprint density at radius 2 is 1.64 bits per heavy atom. The zero-order valence-electron chi connectivity index (χ0n) is 13.5. The molecule has 2 rings (SSSR count). The maximum Gasteiger partial charge on any atom is 0.425 e. The van der Waals surface area contributed by atoms with Crippen LogP contribution >= 0.6 is 0 Å². The van der Waals surface area contributed by atoms with Crippen LogP contribution in [0, 0.1) is 0 Å². The number of alkyl halides is 3. The molecule has 0 saturated carbocycles. The van der Waals surface area contributed by atoms with Crippen LogP contribution in [0.2, 0.25) is 0 Å². The highest BCUT2D eigenvalue weighted by Crippen LogP contribution is 2.22. The number of ether oxygens (including phenoxy) is 2. The van der Waals surface area contributed by atoms with Gasteiger partial charge in [-0.25, -0.2) is 0 Å². The fourth-order valence-corrected chi connectivity index (χ4v) is 2.09. The van der Waals surface area contributed by atoms with Gasteiger partial charge in [0.1, 0.15) is 6.61 Å². The first-order valence-corrected chi connectivity index (χ1v) is 7.65. The van der Waals surface area contributed by atoms with Crippen molar-refractivity contribution in [2.45, 2.75) is 38.7 Å². The third-order valence-corrected chi connectivity index (χ3v) is 3.52. The predicted octanol–water partition coefficient (Wildman–Crippen LogP) is 4.16. The van der Waals surface area contributed by atoms with E-state index in [-0.39, 0.29) is 13.0 Å². The molecule has 0 saturated heterocycles. The molecule has 0 aromatic heterocycles. The summed E-state index contributed by atoms with van der Waals surface area (Å²) in [6.07, 6.45) is -7.62. The Bertz CT molecular complexity index is 755. The molecule has 0 amide bonds. The lowest BCUT2D eigenvalue weighted by Crippen LogP contribution is -2.31. The molecule has 0 aliphatic carbocycles. The summed E-state index contributed by atoms with van der Waals surface area (Å²) in [7, 11) is 0. The zero-order valence-corrected chi connectivity index (χ0v) is 13.5. The molecule has 0 bridgehead atoms. The van der Waals surface area contributed by atoms with Gasteiger partial charge in [-0.05, 0) is 29.3 Å². The maximum absolute atomic E-state index is 12.3. The summed E-state index contributed by atoms with van der Waals surface area (Å²) in [4.78, 5) is 22.9. The van der Waals surface area contributed by atoms with Crippen molar-refractivity contribution in [3.05, 3.63) is 48.0 Å². The molecule has 7 heteroatoms. The SMILES string of the molecule is CC(OC(=O)CCC(=O)OCc1ccc2ccccc2c1)C(F)(F)F. The van der Waals surface area contributed by atoms with E-state index in [1.165, 1.54) is 0 Å². The van der Waals surface area contributed by atoms with Gasteiger partial charge in [0.05, 0.1) is 12.8 Å². The molecule has 0 heterocycles. The number of fused-ring (bicyclic) bond motifs is 1. The summed E-state index contributed by atoms with van der Waals surface area (Å²) < 4.78 is 46.0. The highest BCUT2D eigenvalue weighted by molar-refractivity contribution is 5.83. The largest absolute Gasteiger partial charge is 0.461 e. The van der Waals surface area contributed by atoms with Crippen LogP contribution in [0.3, 0.4) is 0 Å². The second-order valence-electron chi connectivity index (χ2n) is 5.52. The molecule has 0 spiro atoms. The molecule has 0 fully saturated rings. The molecule has 25 heavy (non-hydrogen) atoms. The van der Waals surface area contributed by atoms with Crippen molar-refractivity contribution >= 4 is 22.7 Å². The van der Waals surface area contributed by atoms with Crippen molar-refractivity contribution in [2.24, 2.45) is 0 Å². The molecule has 4 nitrogen and oxygen atoms in total. The van der Waals surface area contributed by atoms with E-state index in [0.717, 1.165) is 23.3 Å². The van der Waals surface area contributed by atoms with E-state index in [9.17, 15) is 22.8 Å². The van der Waals surface area contributed by atoms with Gasteiger partial charge in [0.25, 0.3) is 0 Å². The lowest BCUT2D eigenvalue weighted by atomic mass is 10.1. The fraction of sp³-hybridized carbons (Fsp3) is 0.333. The van der Waals surface area contributed by atoms with Crippen molar-refractivity contribution < 1.29 is 32.2 Å². The quantitative estimate of drug-likeness (QED) is 0.731. The molecule has 2 aromatic rings. The number of hydrogen-bond donors (Lipinski definition) is 0. The standard InChI is InChI=1S/C18H17F3O4/c1-12(18(19,20)21)25-17(23)9-8-16(22)24-11-13-6-7-14-4-2-3-5-15(14)10-13/h2-7,10,12H,8-9,11H2,1H3. The van der Waals surface area contributed by atoms with E-state index in [2.05, 4.69) is 4.74 Å². The van der Waals surface area contributed by atoms with Crippen LogP contribution in [0.15, 0.2) is 42.5 Å². The lowest BCUT2D eigenvalue weighted by Gasteiger charge is -2.16. The summed E-state index contributed by atoms with van der Waals surface area (Å²) >= 11 is 0. The minimum absolute atomic E-state index is 0.0255. The van der Waals surface area contributed by atoms with Gasteiger partial charge >= 0.3 is 18.1 Å². The van der Waals surface area contributed by atoms with Crippen LogP contribution in [0.25, 0.3) is 10.8 Å². The number of carbonyl (C=O) groups is 2. The van der Waals surface area contributed by atoms with Gasteiger partial charge in [-0.3, -0.25) is 9.59 Å². The molecular weight excluding hydrogens is 337 g/mol. The molecule has 1 atom stereocenters. The van der Waals surface area contributed by atoms with Crippen LogP contribution < -0.4 is 0 Å². The second-order valence-corrected chi connectivity index (χ2v) is 5.52. The van der Waals surface area contributed by atoms with E-state index in [1.54, 1.807) is 0 Å². The van der Waals surface area contributed by atoms with Crippen LogP contribution in [-0.2, 0) is 25.7 Å². The zero-order chi connectivity index (χ0) is 18.4. The molecule has 0 aliphatic rings. The number of benzene rings is 2. The summed E-state index contributed by atoms with van der Waals surface area (Å²) in [5.74, 6) is -1.77. The smallest absolute Gasteiger partial charge is 0.425 e. The summed E-state index contributed by atoms with van der Waals surface area (Å²) in [5.41, 5.74) is 0.778. The average molecular weight is 354 g/mol. The van der Waals surface area contributed by atoms with Gasteiger partial charge in [-0.2, -0.15) is 13.2 Å². The normalized spacial score (nSPS) is 12.6. The Balaban J connectivity index is 1.77. The molecule has 0 N–H and O–H groups in total. The third kappa shape index (κ3) is 5.77. The van der Waals surface area contributed by atoms with Crippen LogP contribution in [-0.4, -0.2) is 24.2 Å². The van der Waals surface area contributed by atoms with Gasteiger partial charge in [0.2, 0.25) is 0 Å². The topological polar surface area (TPSA) is 52.6 Å². The Labute approximate surface area is 142 Å². The van der Waals surface area contributed by atoms with Gasteiger partial charge in [-0.1, -0.05) is 36.4 Å². The van der Waals surface area contributed by atoms with Gasteiger partial charge in [0, 0.05) is 0 Å². The average Bonchev–Trinajstić information content (AvgIpc) is 2.57. The third-order valence-electron chi connectivity index (χ3n) is 3.52. The Morgan fingerprint density at radius 3 is 2.32 bits per heavy atom. The summed E-state index contributed by atoms with van der Waals surface area (Å²) in [6, 6.07) is 13.3. The van der Waals surface area contributed by atoms with Crippen LogP contribution in [0.1, 0.15) is 25.3 Å².